The van der Waals surface area contributed by atoms with E-state index >= 15 is 0 Å². The highest BCUT2D eigenvalue weighted by Crippen LogP contribution is 2.17. The lowest BCUT2D eigenvalue weighted by atomic mass is 10.1. The Morgan fingerprint density at radius 1 is 1.33 bits per heavy atom. The van der Waals surface area contributed by atoms with Gasteiger partial charge in [0.2, 0.25) is 0 Å². The first kappa shape index (κ1) is 15.5. The van der Waals surface area contributed by atoms with Gasteiger partial charge in [0.25, 0.3) is 0 Å². The topological polar surface area (TPSA) is 33.1 Å². The van der Waals surface area contributed by atoms with E-state index < -0.39 is 0 Å². The zero-order chi connectivity index (χ0) is 15.6. The highest BCUT2D eigenvalue weighted by molar-refractivity contribution is 7.80. The van der Waals surface area contributed by atoms with E-state index in [0.717, 1.165) is 17.9 Å². The second-order valence-corrected chi connectivity index (χ2v) is 5.87. The van der Waals surface area contributed by atoms with Crippen molar-refractivity contribution in [1.29, 1.82) is 0 Å². The SMILES string of the molecule is Cc1ccc(C)c(NC(=S)N(C)Cc2cnn(C)c2C)c1. The summed E-state index contributed by atoms with van der Waals surface area (Å²) < 4.78 is 1.88. The molecule has 21 heavy (non-hydrogen) atoms. The van der Waals surface area contributed by atoms with Crippen molar-refractivity contribution in [3.63, 3.8) is 0 Å². The standard InChI is InChI=1S/C16H22N4S/c1-11-6-7-12(2)15(8-11)18-16(21)19(4)10-14-9-17-20(5)13(14)3/h6-9H,10H2,1-5H3,(H,18,21). The summed E-state index contributed by atoms with van der Waals surface area (Å²) in [4.78, 5) is 2.03. The molecule has 0 spiro atoms. The number of aryl methyl sites for hydroxylation is 3. The quantitative estimate of drug-likeness (QED) is 0.883. The van der Waals surface area contributed by atoms with Crippen molar-refractivity contribution < 1.29 is 0 Å². The van der Waals surface area contributed by atoms with Crippen LogP contribution in [0.2, 0.25) is 0 Å². The lowest BCUT2D eigenvalue weighted by molar-refractivity contribution is 0.506. The number of hydrogen-bond donors (Lipinski definition) is 1. The molecule has 2 rings (SSSR count). The van der Waals surface area contributed by atoms with Crippen molar-refractivity contribution in [3.8, 4) is 0 Å². The summed E-state index contributed by atoms with van der Waals surface area (Å²) in [5, 5.41) is 8.31. The molecule has 112 valence electrons. The van der Waals surface area contributed by atoms with E-state index in [9.17, 15) is 0 Å². The maximum Gasteiger partial charge on any atom is 0.173 e. The van der Waals surface area contributed by atoms with Gasteiger partial charge in [-0.05, 0) is 50.2 Å². The largest absolute Gasteiger partial charge is 0.348 e. The zero-order valence-corrected chi connectivity index (χ0v) is 14.1. The van der Waals surface area contributed by atoms with Gasteiger partial charge < -0.3 is 10.2 Å². The maximum atomic E-state index is 5.50. The fraction of sp³-hybridized carbons (Fsp3) is 0.375. The number of hydrogen-bond acceptors (Lipinski definition) is 2. The van der Waals surface area contributed by atoms with Crippen molar-refractivity contribution in [1.82, 2.24) is 14.7 Å². The number of thiocarbonyl (C=S) groups is 1. The number of benzene rings is 1. The van der Waals surface area contributed by atoms with Gasteiger partial charge in [0.15, 0.2) is 5.11 Å². The van der Waals surface area contributed by atoms with Crippen LogP contribution in [-0.4, -0.2) is 26.8 Å². The second kappa shape index (κ2) is 6.26. The number of anilines is 1. The average Bonchev–Trinajstić information content (AvgIpc) is 2.74. The summed E-state index contributed by atoms with van der Waals surface area (Å²) in [5.41, 5.74) is 5.82. The number of nitrogens with zero attached hydrogens (tertiary/aromatic N) is 3. The molecule has 0 radical (unpaired) electrons. The van der Waals surface area contributed by atoms with Gasteiger partial charge in [0, 0.05) is 37.6 Å². The molecule has 0 atom stereocenters. The summed E-state index contributed by atoms with van der Waals surface area (Å²) in [7, 11) is 3.94. The minimum Gasteiger partial charge on any atom is -0.348 e. The summed E-state index contributed by atoms with van der Waals surface area (Å²) in [6.45, 7) is 6.97. The molecule has 0 bridgehead atoms. The smallest absolute Gasteiger partial charge is 0.173 e. The first-order valence-corrected chi connectivity index (χ1v) is 7.36. The molecule has 1 heterocycles. The van der Waals surface area contributed by atoms with E-state index in [1.54, 1.807) is 0 Å². The van der Waals surface area contributed by atoms with Crippen molar-refractivity contribution in [2.45, 2.75) is 27.3 Å². The molecule has 0 saturated heterocycles. The van der Waals surface area contributed by atoms with Crippen LogP contribution in [0.1, 0.15) is 22.4 Å². The molecule has 5 heteroatoms. The first-order valence-electron chi connectivity index (χ1n) is 6.95. The molecule has 0 saturated carbocycles. The van der Waals surface area contributed by atoms with Crippen LogP contribution < -0.4 is 5.32 Å². The number of rotatable bonds is 3. The molecule has 1 N–H and O–H groups in total. The van der Waals surface area contributed by atoms with Gasteiger partial charge in [-0.25, -0.2) is 0 Å². The predicted molar refractivity (Wildman–Crippen MR) is 91.5 cm³/mol. The van der Waals surface area contributed by atoms with Crippen LogP contribution in [0.25, 0.3) is 0 Å². The van der Waals surface area contributed by atoms with Crippen molar-refractivity contribution in [3.05, 3.63) is 46.8 Å². The van der Waals surface area contributed by atoms with Crippen LogP contribution in [0.15, 0.2) is 24.4 Å². The van der Waals surface area contributed by atoms with Gasteiger partial charge in [-0.2, -0.15) is 5.10 Å². The predicted octanol–water partition coefficient (Wildman–Crippen LogP) is 3.17. The van der Waals surface area contributed by atoms with Crippen LogP contribution in [0.3, 0.4) is 0 Å². The molecular formula is C16H22N4S. The highest BCUT2D eigenvalue weighted by atomic mass is 32.1. The van der Waals surface area contributed by atoms with Crippen LogP contribution in [-0.2, 0) is 13.6 Å². The Hall–Kier alpha value is -1.88. The molecule has 0 unspecified atom stereocenters. The Morgan fingerprint density at radius 2 is 2.05 bits per heavy atom. The fourth-order valence-electron chi connectivity index (χ4n) is 2.11. The minimum absolute atomic E-state index is 0.715. The molecule has 4 nitrogen and oxygen atoms in total. The van der Waals surface area contributed by atoms with Gasteiger partial charge in [-0.1, -0.05) is 12.1 Å². The molecule has 1 aromatic carbocycles. The molecule has 1 aromatic heterocycles. The van der Waals surface area contributed by atoms with Gasteiger partial charge >= 0.3 is 0 Å². The second-order valence-electron chi connectivity index (χ2n) is 5.48. The van der Waals surface area contributed by atoms with Crippen LogP contribution in [0.5, 0.6) is 0 Å². The normalized spacial score (nSPS) is 10.5. The third-order valence-electron chi connectivity index (χ3n) is 3.73. The highest BCUT2D eigenvalue weighted by Gasteiger charge is 2.10. The van der Waals surface area contributed by atoms with E-state index in [-0.39, 0.29) is 0 Å². The van der Waals surface area contributed by atoms with Crippen LogP contribution in [0, 0.1) is 20.8 Å². The van der Waals surface area contributed by atoms with E-state index in [1.165, 1.54) is 16.7 Å². The van der Waals surface area contributed by atoms with Gasteiger partial charge in [-0.15, -0.1) is 0 Å². The third kappa shape index (κ3) is 3.61. The van der Waals surface area contributed by atoms with E-state index in [0.29, 0.717) is 5.11 Å². The Labute approximate surface area is 131 Å². The van der Waals surface area contributed by atoms with E-state index in [1.807, 2.05) is 29.9 Å². The summed E-state index contributed by atoms with van der Waals surface area (Å²) in [6, 6.07) is 6.32. The number of nitrogens with one attached hydrogen (secondary N) is 1. The van der Waals surface area contributed by atoms with Gasteiger partial charge in [0.05, 0.1) is 6.20 Å². The summed E-state index contributed by atoms with van der Waals surface area (Å²) >= 11 is 5.50. The van der Waals surface area contributed by atoms with Crippen molar-refractivity contribution in [2.75, 3.05) is 12.4 Å². The molecule has 0 aliphatic carbocycles. The van der Waals surface area contributed by atoms with Gasteiger partial charge in [-0.3, -0.25) is 4.68 Å². The van der Waals surface area contributed by atoms with Gasteiger partial charge in [0.1, 0.15) is 0 Å². The third-order valence-corrected chi connectivity index (χ3v) is 4.14. The lowest BCUT2D eigenvalue weighted by Crippen LogP contribution is -2.31. The molecular weight excluding hydrogens is 280 g/mol. The monoisotopic (exact) mass is 302 g/mol. The summed E-state index contributed by atoms with van der Waals surface area (Å²) in [5.74, 6) is 0. The molecule has 2 aromatic rings. The van der Waals surface area contributed by atoms with Crippen LogP contribution in [0.4, 0.5) is 5.69 Å². The van der Waals surface area contributed by atoms with Crippen molar-refractivity contribution in [2.24, 2.45) is 7.05 Å². The number of aromatic nitrogens is 2. The minimum atomic E-state index is 0.715. The molecule has 0 fully saturated rings. The fourth-order valence-corrected chi connectivity index (χ4v) is 2.28. The zero-order valence-electron chi connectivity index (χ0n) is 13.3. The maximum absolute atomic E-state index is 5.50. The Bertz CT molecular complexity index is 660. The Balaban J connectivity index is 2.06. The van der Waals surface area contributed by atoms with Crippen LogP contribution >= 0.6 is 12.2 Å². The van der Waals surface area contributed by atoms with Crippen molar-refractivity contribution >= 4 is 23.0 Å². The summed E-state index contributed by atoms with van der Waals surface area (Å²) in [6.07, 6.45) is 1.90. The first-order chi connectivity index (χ1) is 9.88. The molecule has 0 amide bonds. The van der Waals surface area contributed by atoms with E-state index in [2.05, 4.69) is 49.4 Å². The van der Waals surface area contributed by atoms with E-state index in [4.69, 9.17) is 12.2 Å². The Morgan fingerprint density at radius 3 is 2.67 bits per heavy atom. The molecule has 0 aliphatic heterocycles. The molecule has 0 aliphatic rings. The Kier molecular flexibility index (Phi) is 4.63. The lowest BCUT2D eigenvalue weighted by Gasteiger charge is -2.22. The average molecular weight is 302 g/mol.